The quantitative estimate of drug-likeness (QED) is 0.188. The fraction of sp³-hybridized carbons (Fsp3) is 0.125. The first kappa shape index (κ1) is 24.8. The average molecular weight is 566 g/mol. The maximum Gasteiger partial charge on any atom is 0.416 e. The number of hydrogen-bond acceptors (Lipinski definition) is 3. The van der Waals surface area contributed by atoms with Crippen molar-refractivity contribution in [2.45, 2.75) is 20.0 Å². The molecule has 5 nitrogen and oxygen atoms in total. The van der Waals surface area contributed by atoms with E-state index in [0.29, 0.717) is 21.4 Å². The number of rotatable bonds is 3. The van der Waals surface area contributed by atoms with Crippen LogP contribution in [0.5, 0.6) is 0 Å². The summed E-state index contributed by atoms with van der Waals surface area (Å²) in [5.74, 6) is -2.14. The lowest BCUT2D eigenvalue weighted by atomic mass is 10.1. The molecule has 1 fully saturated rings. The number of halogens is 5. The van der Waals surface area contributed by atoms with Gasteiger partial charge in [-0.15, -0.1) is 0 Å². The molecule has 2 heterocycles. The molecule has 3 aromatic rings. The number of thiocarbonyl (C=S) groups is 1. The summed E-state index contributed by atoms with van der Waals surface area (Å²) >= 11 is 8.29. The third-order valence-electron chi connectivity index (χ3n) is 5.45. The Hall–Kier alpha value is -3.31. The number of nitrogens with zero attached hydrogens (tertiary/aromatic N) is 2. The zero-order chi connectivity index (χ0) is 25.7. The van der Waals surface area contributed by atoms with Crippen LogP contribution < -0.4 is 10.2 Å². The molecule has 180 valence electrons. The average Bonchev–Trinajstić information content (AvgIpc) is 3.04. The molecule has 0 unspecified atom stereocenters. The van der Waals surface area contributed by atoms with E-state index in [-0.39, 0.29) is 22.1 Å². The van der Waals surface area contributed by atoms with Crippen LogP contribution in [-0.2, 0) is 15.8 Å². The van der Waals surface area contributed by atoms with Crippen molar-refractivity contribution in [1.29, 1.82) is 0 Å². The number of amides is 2. The van der Waals surface area contributed by atoms with Crippen molar-refractivity contribution in [2.75, 3.05) is 4.90 Å². The van der Waals surface area contributed by atoms with Crippen LogP contribution in [-0.4, -0.2) is 21.5 Å². The maximum absolute atomic E-state index is 14.6. The number of carbonyl (C=O) groups is 2. The summed E-state index contributed by atoms with van der Waals surface area (Å²) in [6, 6.07) is 10.3. The van der Waals surface area contributed by atoms with Gasteiger partial charge in [-0.25, -0.2) is 4.39 Å². The van der Waals surface area contributed by atoms with Crippen LogP contribution in [0, 0.1) is 19.7 Å². The van der Waals surface area contributed by atoms with E-state index in [1.807, 2.05) is 0 Å². The van der Waals surface area contributed by atoms with E-state index in [0.717, 1.165) is 23.1 Å². The highest BCUT2D eigenvalue weighted by atomic mass is 79.9. The van der Waals surface area contributed by atoms with Crippen LogP contribution in [0.3, 0.4) is 0 Å². The minimum absolute atomic E-state index is 0.136. The third kappa shape index (κ3) is 4.65. The Morgan fingerprint density at radius 3 is 2.43 bits per heavy atom. The molecule has 1 aliphatic heterocycles. The summed E-state index contributed by atoms with van der Waals surface area (Å²) in [5.41, 5.74) is 0.503. The normalized spacial score (nSPS) is 15.7. The molecule has 0 saturated carbocycles. The molecule has 1 saturated heterocycles. The maximum atomic E-state index is 14.6. The number of anilines is 1. The highest BCUT2D eigenvalue weighted by molar-refractivity contribution is 9.10. The van der Waals surface area contributed by atoms with E-state index < -0.39 is 29.4 Å². The monoisotopic (exact) mass is 565 g/mol. The van der Waals surface area contributed by atoms with Crippen molar-refractivity contribution in [2.24, 2.45) is 0 Å². The van der Waals surface area contributed by atoms with Gasteiger partial charge in [-0.3, -0.25) is 19.8 Å². The Labute approximate surface area is 211 Å². The summed E-state index contributed by atoms with van der Waals surface area (Å²) in [5, 5.41) is 2.02. The smallest absolute Gasteiger partial charge is 0.315 e. The number of aryl methyl sites for hydroxylation is 1. The van der Waals surface area contributed by atoms with Gasteiger partial charge in [-0.2, -0.15) is 13.2 Å². The number of hydrogen-bond donors (Lipinski definition) is 1. The fourth-order valence-electron chi connectivity index (χ4n) is 3.84. The predicted molar refractivity (Wildman–Crippen MR) is 131 cm³/mol. The van der Waals surface area contributed by atoms with Crippen molar-refractivity contribution in [3.8, 4) is 5.69 Å². The first-order valence-electron chi connectivity index (χ1n) is 10.1. The second kappa shape index (κ2) is 9.04. The molecular weight excluding hydrogens is 550 g/mol. The van der Waals surface area contributed by atoms with E-state index in [1.165, 1.54) is 18.2 Å². The number of aromatic nitrogens is 1. The van der Waals surface area contributed by atoms with Crippen molar-refractivity contribution in [3.63, 3.8) is 0 Å². The highest BCUT2D eigenvalue weighted by Crippen LogP contribution is 2.33. The van der Waals surface area contributed by atoms with Crippen LogP contribution in [0.25, 0.3) is 11.8 Å². The Morgan fingerprint density at radius 1 is 1.06 bits per heavy atom. The molecule has 1 aromatic heterocycles. The minimum Gasteiger partial charge on any atom is -0.315 e. The van der Waals surface area contributed by atoms with Crippen LogP contribution in [0.4, 0.5) is 23.2 Å². The molecule has 0 atom stereocenters. The summed E-state index contributed by atoms with van der Waals surface area (Å²) in [6.45, 7) is 3.44. The SMILES string of the molecule is Cc1cc(/C=C2\C(=O)NC(=S)N(c3cccc(C(F)(F)F)c3)C2=O)c(C)n1-c1ccc(Br)cc1F. The zero-order valence-electron chi connectivity index (χ0n) is 18.2. The lowest BCUT2D eigenvalue weighted by molar-refractivity contribution is -0.137. The van der Waals surface area contributed by atoms with Crippen molar-refractivity contribution < 1.29 is 27.2 Å². The fourth-order valence-corrected chi connectivity index (χ4v) is 4.45. The lowest BCUT2D eigenvalue weighted by Gasteiger charge is -2.29. The predicted octanol–water partition coefficient (Wildman–Crippen LogP) is 5.85. The van der Waals surface area contributed by atoms with Gasteiger partial charge in [0.1, 0.15) is 11.4 Å². The van der Waals surface area contributed by atoms with Gasteiger partial charge in [-0.05, 0) is 80.2 Å². The largest absolute Gasteiger partial charge is 0.416 e. The number of alkyl halides is 3. The molecule has 35 heavy (non-hydrogen) atoms. The van der Waals surface area contributed by atoms with Gasteiger partial charge in [0, 0.05) is 15.9 Å². The molecule has 11 heteroatoms. The van der Waals surface area contributed by atoms with Crippen molar-refractivity contribution in [1.82, 2.24) is 9.88 Å². The summed E-state index contributed by atoms with van der Waals surface area (Å²) in [4.78, 5) is 26.7. The number of benzene rings is 2. The topological polar surface area (TPSA) is 54.3 Å². The van der Waals surface area contributed by atoms with Crippen LogP contribution in [0.15, 0.2) is 58.6 Å². The van der Waals surface area contributed by atoms with Crippen LogP contribution in [0.2, 0.25) is 0 Å². The lowest BCUT2D eigenvalue weighted by Crippen LogP contribution is -2.54. The molecule has 1 aliphatic rings. The Bertz CT molecular complexity index is 1430. The molecule has 4 rings (SSSR count). The second-order valence-electron chi connectivity index (χ2n) is 7.76. The van der Waals surface area contributed by atoms with Gasteiger partial charge >= 0.3 is 6.18 Å². The van der Waals surface area contributed by atoms with Crippen LogP contribution >= 0.6 is 28.1 Å². The van der Waals surface area contributed by atoms with E-state index >= 15 is 0 Å². The van der Waals surface area contributed by atoms with Gasteiger partial charge in [0.15, 0.2) is 5.11 Å². The zero-order valence-corrected chi connectivity index (χ0v) is 20.6. The van der Waals surface area contributed by atoms with E-state index in [9.17, 15) is 27.2 Å². The molecule has 1 N–H and O–H groups in total. The van der Waals surface area contributed by atoms with Gasteiger partial charge in [0.05, 0.1) is 16.9 Å². The molecular formula is C24H16BrF4N3O2S. The summed E-state index contributed by atoms with van der Waals surface area (Å²) in [6.07, 6.45) is -3.31. The third-order valence-corrected chi connectivity index (χ3v) is 6.23. The van der Waals surface area contributed by atoms with E-state index in [1.54, 1.807) is 36.6 Å². The van der Waals surface area contributed by atoms with Gasteiger partial charge in [0.2, 0.25) is 0 Å². The van der Waals surface area contributed by atoms with Gasteiger partial charge in [-0.1, -0.05) is 22.0 Å². The van der Waals surface area contributed by atoms with E-state index in [2.05, 4.69) is 21.2 Å². The Kier molecular flexibility index (Phi) is 6.41. The molecule has 0 bridgehead atoms. The van der Waals surface area contributed by atoms with E-state index in [4.69, 9.17) is 12.2 Å². The van der Waals surface area contributed by atoms with Crippen LogP contribution in [0.1, 0.15) is 22.5 Å². The molecule has 0 radical (unpaired) electrons. The van der Waals surface area contributed by atoms with Gasteiger partial charge < -0.3 is 4.57 Å². The number of nitrogens with one attached hydrogen (secondary N) is 1. The van der Waals surface area contributed by atoms with Gasteiger partial charge in [0.25, 0.3) is 11.8 Å². The first-order valence-corrected chi connectivity index (χ1v) is 11.3. The standard InChI is InChI=1S/C24H16BrF4N3O2S/c1-12-8-14(13(2)31(12)20-7-6-16(25)11-19(20)26)9-18-21(33)30-23(35)32(22(18)34)17-5-3-4-15(10-17)24(27,28)29/h3-11H,1-2H3,(H,30,33,35)/b18-9+. The minimum atomic E-state index is -4.63. The first-order chi connectivity index (χ1) is 16.4. The van der Waals surface area contributed by atoms with Crippen molar-refractivity contribution >= 4 is 56.8 Å². The summed E-state index contributed by atoms with van der Waals surface area (Å²) in [7, 11) is 0. The van der Waals surface area contributed by atoms with Crippen molar-refractivity contribution in [3.05, 3.63) is 86.9 Å². The molecule has 2 aromatic carbocycles. The molecule has 0 aliphatic carbocycles. The highest BCUT2D eigenvalue weighted by Gasteiger charge is 2.37. The molecule has 2 amide bonds. The molecule has 0 spiro atoms. The second-order valence-corrected chi connectivity index (χ2v) is 9.07. The number of carbonyl (C=O) groups excluding carboxylic acids is 2. The Morgan fingerprint density at radius 2 is 1.77 bits per heavy atom. The summed E-state index contributed by atoms with van der Waals surface area (Å²) < 4.78 is 56.3. The Balaban J connectivity index is 1.77.